The molecule has 5 fully saturated rings. The molecule has 9 heteroatoms. The van der Waals surface area contributed by atoms with Gasteiger partial charge in [-0.25, -0.2) is 9.18 Å². The molecule has 7 unspecified atom stereocenters. The maximum atomic E-state index is 13.5. The third-order valence-corrected chi connectivity index (χ3v) is 16.0. The summed E-state index contributed by atoms with van der Waals surface area (Å²) in [6, 6.07) is 5.58. The number of hydrogen-bond acceptors (Lipinski definition) is 8. The fourth-order valence-electron chi connectivity index (χ4n) is 13.2. The molecule has 5 N–H and O–H groups in total. The maximum absolute atomic E-state index is 13.5. The van der Waals surface area contributed by atoms with Crippen LogP contribution >= 0.6 is 0 Å². The number of benzene rings is 1. The molecule has 0 bridgehead atoms. The standard InChI is InChI=1S/C42H61FO8/c1-38(2)19-20-42(36(48)35-34(47)33(46)32(45)28(22-44)50-35)18-13-26-25(27(42)21-38)11-12-30-40(26,5)16-14-29-39(3,4)31(15-17-41(29,30)6)51-37(49)23-7-9-24(43)10-8-23/h7-11,26-36,44-48H,12-22H2,1-6H3/t26?,27?,28?,29?,30?,31-,32-,33?,34?,35-,36+,40-,41-,42+/m0/s1. The number of carbonyl (C=O) groups excluding carboxylic acids is 1. The molecule has 1 heterocycles. The number of esters is 1. The molecule has 51 heavy (non-hydrogen) atoms. The van der Waals surface area contributed by atoms with Gasteiger partial charge >= 0.3 is 5.97 Å². The number of aliphatic hydroxyl groups excluding tert-OH is 5. The highest BCUT2D eigenvalue weighted by Crippen LogP contribution is 2.72. The van der Waals surface area contributed by atoms with Crippen molar-refractivity contribution in [1.82, 2.24) is 0 Å². The summed E-state index contributed by atoms with van der Waals surface area (Å²) in [5, 5.41) is 54.5. The fraction of sp³-hybridized carbons (Fsp3) is 0.786. The molecule has 4 saturated carbocycles. The Labute approximate surface area is 302 Å². The van der Waals surface area contributed by atoms with Crippen molar-refractivity contribution in [2.24, 2.45) is 50.7 Å². The quantitative estimate of drug-likeness (QED) is 0.186. The van der Waals surface area contributed by atoms with Crippen LogP contribution in [-0.4, -0.2) is 80.8 Å². The van der Waals surface area contributed by atoms with Crippen LogP contribution in [0.4, 0.5) is 4.39 Å². The van der Waals surface area contributed by atoms with Crippen molar-refractivity contribution in [2.75, 3.05) is 6.61 Å². The van der Waals surface area contributed by atoms with Crippen LogP contribution in [-0.2, 0) is 9.47 Å². The van der Waals surface area contributed by atoms with E-state index in [0.29, 0.717) is 23.3 Å². The molecular weight excluding hydrogens is 651 g/mol. The Morgan fingerprint density at radius 1 is 0.863 bits per heavy atom. The van der Waals surface area contributed by atoms with Crippen LogP contribution in [0.15, 0.2) is 35.9 Å². The minimum atomic E-state index is -1.52. The van der Waals surface area contributed by atoms with Crippen LogP contribution < -0.4 is 0 Å². The van der Waals surface area contributed by atoms with E-state index in [9.17, 15) is 34.7 Å². The number of halogens is 1. The van der Waals surface area contributed by atoms with Gasteiger partial charge in [-0.2, -0.15) is 0 Å². The average Bonchev–Trinajstić information content (AvgIpc) is 3.08. The molecule has 1 aromatic rings. The summed E-state index contributed by atoms with van der Waals surface area (Å²) < 4.78 is 25.7. The highest BCUT2D eigenvalue weighted by Gasteiger charge is 2.67. The van der Waals surface area contributed by atoms with Crippen molar-refractivity contribution in [3.63, 3.8) is 0 Å². The molecule has 5 aliphatic carbocycles. The topological polar surface area (TPSA) is 137 Å². The molecule has 0 aromatic heterocycles. The van der Waals surface area contributed by atoms with Gasteiger partial charge in [-0.3, -0.25) is 0 Å². The van der Waals surface area contributed by atoms with E-state index in [1.54, 1.807) is 0 Å². The van der Waals surface area contributed by atoms with E-state index in [1.807, 2.05) is 0 Å². The lowest BCUT2D eigenvalue weighted by molar-refractivity contribution is -0.270. The average molecular weight is 713 g/mol. The maximum Gasteiger partial charge on any atom is 0.338 e. The van der Waals surface area contributed by atoms with Gasteiger partial charge in [0, 0.05) is 10.8 Å². The number of carbonyl (C=O) groups is 1. The normalized spacial score (nSPS) is 46.3. The van der Waals surface area contributed by atoms with Gasteiger partial charge in [0.05, 0.1) is 18.3 Å². The second-order valence-electron chi connectivity index (χ2n) is 19.3. The Morgan fingerprint density at radius 3 is 2.24 bits per heavy atom. The molecule has 1 aliphatic heterocycles. The lowest BCUT2D eigenvalue weighted by Crippen LogP contribution is -2.67. The third kappa shape index (κ3) is 5.78. The summed E-state index contributed by atoms with van der Waals surface area (Å²) in [4.78, 5) is 13.2. The first-order chi connectivity index (χ1) is 23.9. The highest BCUT2D eigenvalue weighted by molar-refractivity contribution is 5.89. The summed E-state index contributed by atoms with van der Waals surface area (Å²) in [6.07, 6.45) is 3.74. The first-order valence-corrected chi connectivity index (χ1v) is 19.5. The molecular formula is C42H61FO8. The van der Waals surface area contributed by atoms with E-state index < -0.39 is 54.6 Å². The zero-order valence-corrected chi connectivity index (χ0v) is 31.4. The van der Waals surface area contributed by atoms with E-state index >= 15 is 0 Å². The number of allylic oxidation sites excluding steroid dienone is 2. The van der Waals surface area contributed by atoms with Crippen molar-refractivity contribution >= 4 is 5.97 Å². The predicted octanol–water partition coefficient (Wildman–Crippen LogP) is 5.97. The van der Waals surface area contributed by atoms with E-state index in [0.717, 1.165) is 64.2 Å². The predicted molar refractivity (Wildman–Crippen MR) is 190 cm³/mol. The van der Waals surface area contributed by atoms with Crippen LogP contribution in [0.5, 0.6) is 0 Å². The molecule has 0 radical (unpaired) electrons. The van der Waals surface area contributed by atoms with Crippen LogP contribution in [0.2, 0.25) is 0 Å². The van der Waals surface area contributed by atoms with Gasteiger partial charge < -0.3 is 35.0 Å². The monoisotopic (exact) mass is 712 g/mol. The van der Waals surface area contributed by atoms with Crippen molar-refractivity contribution in [1.29, 1.82) is 0 Å². The summed E-state index contributed by atoms with van der Waals surface area (Å²) in [7, 11) is 0. The first-order valence-electron chi connectivity index (χ1n) is 19.5. The minimum absolute atomic E-state index is 0.0491. The highest BCUT2D eigenvalue weighted by atomic mass is 19.1. The Kier molecular flexibility index (Phi) is 9.45. The smallest absolute Gasteiger partial charge is 0.338 e. The molecule has 6 aliphatic rings. The number of hydrogen-bond donors (Lipinski definition) is 5. The number of aliphatic hydroxyl groups is 5. The molecule has 0 spiro atoms. The number of ether oxygens (including phenoxy) is 2. The fourth-order valence-corrected chi connectivity index (χ4v) is 13.2. The van der Waals surface area contributed by atoms with Crippen molar-refractivity contribution < 1.29 is 44.2 Å². The van der Waals surface area contributed by atoms with Crippen molar-refractivity contribution in [3.8, 4) is 0 Å². The third-order valence-electron chi connectivity index (χ3n) is 16.0. The second kappa shape index (κ2) is 12.9. The molecule has 1 aromatic carbocycles. The Hall–Kier alpha value is -1.88. The van der Waals surface area contributed by atoms with Gasteiger partial charge in [-0.1, -0.05) is 53.2 Å². The number of fused-ring (bicyclic) bond motifs is 7. The van der Waals surface area contributed by atoms with Gasteiger partial charge in [-0.05, 0) is 128 Å². The molecule has 7 rings (SSSR count). The minimum Gasteiger partial charge on any atom is -0.458 e. The lowest BCUT2D eigenvalue weighted by atomic mass is 9.36. The molecule has 1 saturated heterocycles. The Morgan fingerprint density at radius 2 is 1.55 bits per heavy atom. The molecule has 284 valence electrons. The summed E-state index contributed by atoms with van der Waals surface area (Å²) >= 11 is 0. The zero-order chi connectivity index (χ0) is 36.9. The van der Waals surface area contributed by atoms with Crippen LogP contribution in [0, 0.1) is 56.6 Å². The van der Waals surface area contributed by atoms with Crippen molar-refractivity contribution in [2.45, 2.75) is 148 Å². The Bertz CT molecular complexity index is 1510. The lowest BCUT2D eigenvalue weighted by Gasteiger charge is -2.69. The first kappa shape index (κ1) is 37.4. The summed E-state index contributed by atoms with van der Waals surface area (Å²) in [5.41, 5.74) is 1.21. The summed E-state index contributed by atoms with van der Waals surface area (Å²) in [6.45, 7) is 13.6. The largest absolute Gasteiger partial charge is 0.458 e. The molecule has 14 atom stereocenters. The zero-order valence-electron chi connectivity index (χ0n) is 31.4. The van der Waals surface area contributed by atoms with Gasteiger partial charge in [0.2, 0.25) is 0 Å². The van der Waals surface area contributed by atoms with Crippen LogP contribution in [0.3, 0.4) is 0 Å². The van der Waals surface area contributed by atoms with Crippen LogP contribution in [0.25, 0.3) is 0 Å². The van der Waals surface area contributed by atoms with Gasteiger partial charge in [0.15, 0.2) is 0 Å². The van der Waals surface area contributed by atoms with E-state index in [-0.39, 0.29) is 39.5 Å². The van der Waals surface area contributed by atoms with Gasteiger partial charge in [0.1, 0.15) is 42.4 Å². The van der Waals surface area contributed by atoms with Crippen LogP contribution in [0.1, 0.15) is 116 Å². The molecule has 0 amide bonds. The molecule has 8 nitrogen and oxygen atoms in total. The van der Waals surface area contributed by atoms with E-state index in [4.69, 9.17) is 9.47 Å². The van der Waals surface area contributed by atoms with Crippen molar-refractivity contribution in [3.05, 3.63) is 47.3 Å². The van der Waals surface area contributed by atoms with E-state index in [2.05, 4.69) is 47.6 Å². The second-order valence-corrected chi connectivity index (χ2v) is 19.3. The number of rotatable bonds is 5. The summed E-state index contributed by atoms with van der Waals surface area (Å²) in [5.74, 6) is 0.488. The Balaban J connectivity index is 1.17. The van der Waals surface area contributed by atoms with Gasteiger partial charge in [0.25, 0.3) is 0 Å². The van der Waals surface area contributed by atoms with Gasteiger partial charge in [-0.15, -0.1) is 0 Å². The van der Waals surface area contributed by atoms with E-state index in [1.165, 1.54) is 29.8 Å². The SMILES string of the molecule is CC1(C)CC[C@]2([C@H](O)[C@H]3OC(CO)[C@H](O)C(O)C3O)CCC3C(=CCC4[C@@]3(C)CCC3C(C)(C)[C@@H](OC(=O)c5ccc(F)cc5)CC[C@@]34C)C2C1.